The molecule has 1 rings (SSSR count). The standard InChI is InChI=1S/C6H16B3N3/c1-3-6(4-2)5-9-11-7-10-8-12-9/h6,10-12H,3-5H2,1-2H3. The summed E-state index contributed by atoms with van der Waals surface area (Å²) in [5.74, 6) is 0.829. The molecule has 0 amide bonds. The molecule has 0 aromatic rings. The van der Waals surface area contributed by atoms with Gasteiger partial charge >= 0.3 is 0 Å². The number of rotatable bonds is 4. The van der Waals surface area contributed by atoms with Crippen LogP contribution in [-0.4, -0.2) is 22.1 Å². The lowest BCUT2D eigenvalue weighted by molar-refractivity contribution is 0.536. The molecule has 0 aromatic heterocycles. The summed E-state index contributed by atoms with van der Waals surface area (Å²) in [5, 5.41) is 9.43. The van der Waals surface area contributed by atoms with Crippen LogP contribution in [0.15, 0.2) is 0 Å². The topological polar surface area (TPSA) is 36.1 Å². The SMILES string of the molecule is CCC(CC)CB1N[B]N[B]N1. The molecule has 0 atom stereocenters. The minimum absolute atomic E-state index is 0.413. The van der Waals surface area contributed by atoms with Crippen LogP contribution in [0.3, 0.4) is 0 Å². The molecule has 1 aliphatic rings. The largest absolute Gasteiger partial charge is 0.379 e. The fourth-order valence-electron chi connectivity index (χ4n) is 1.48. The highest BCUT2D eigenvalue weighted by Crippen LogP contribution is 2.13. The van der Waals surface area contributed by atoms with Gasteiger partial charge in [0.25, 0.3) is 22.1 Å². The Morgan fingerprint density at radius 2 is 1.75 bits per heavy atom. The van der Waals surface area contributed by atoms with E-state index in [0.29, 0.717) is 6.98 Å². The first-order chi connectivity index (χ1) is 5.86. The Hall–Kier alpha value is 0.0748. The van der Waals surface area contributed by atoms with Crippen LogP contribution in [-0.2, 0) is 0 Å². The van der Waals surface area contributed by atoms with Gasteiger partial charge in [-0.05, 0) is 12.2 Å². The van der Waals surface area contributed by atoms with Gasteiger partial charge in [-0.1, -0.05) is 26.7 Å². The highest BCUT2D eigenvalue weighted by Gasteiger charge is 2.20. The third kappa shape index (κ3) is 3.21. The van der Waals surface area contributed by atoms with Gasteiger partial charge < -0.3 is 15.4 Å². The van der Waals surface area contributed by atoms with Gasteiger partial charge in [0.2, 0.25) is 0 Å². The van der Waals surface area contributed by atoms with E-state index in [-0.39, 0.29) is 0 Å². The summed E-state index contributed by atoms with van der Waals surface area (Å²) in [4.78, 5) is 0. The summed E-state index contributed by atoms with van der Waals surface area (Å²) in [5.41, 5.74) is 0. The molecule has 0 aliphatic carbocycles. The fraction of sp³-hybridized carbons (Fsp3) is 1.00. The maximum atomic E-state index is 3.24. The van der Waals surface area contributed by atoms with E-state index in [9.17, 15) is 0 Å². The van der Waals surface area contributed by atoms with E-state index in [1.807, 2.05) is 15.1 Å². The van der Waals surface area contributed by atoms with E-state index >= 15 is 0 Å². The Balaban J connectivity index is 2.18. The Bertz CT molecular complexity index is 115. The fourth-order valence-corrected chi connectivity index (χ4v) is 1.48. The van der Waals surface area contributed by atoms with E-state index in [0.717, 1.165) is 5.92 Å². The predicted octanol–water partition coefficient (Wildman–Crippen LogP) is -0.238. The van der Waals surface area contributed by atoms with Crippen molar-refractivity contribution in [2.45, 2.75) is 33.0 Å². The smallest absolute Gasteiger partial charge is 0.284 e. The van der Waals surface area contributed by atoms with Crippen molar-refractivity contribution in [2.24, 2.45) is 5.92 Å². The molecule has 1 fully saturated rings. The second-order valence-electron chi connectivity index (χ2n) is 3.26. The molecule has 0 bridgehead atoms. The van der Waals surface area contributed by atoms with Crippen molar-refractivity contribution in [1.29, 1.82) is 0 Å². The number of hydrogen-bond acceptors (Lipinski definition) is 3. The van der Waals surface area contributed by atoms with Gasteiger partial charge in [-0.2, -0.15) is 0 Å². The molecule has 3 N–H and O–H groups in total. The molecule has 0 aromatic carbocycles. The molecule has 64 valence electrons. The maximum Gasteiger partial charge on any atom is 0.284 e. The first-order valence-corrected chi connectivity index (χ1v) is 4.78. The molecule has 0 saturated carbocycles. The quantitative estimate of drug-likeness (QED) is 0.500. The molecule has 6 heteroatoms. The summed E-state index contributed by atoms with van der Waals surface area (Å²) in [6.45, 7) is 4.92. The highest BCUT2D eigenvalue weighted by molar-refractivity contribution is 6.75. The van der Waals surface area contributed by atoms with Crippen molar-refractivity contribution in [3.63, 3.8) is 0 Å². The lowest BCUT2D eigenvalue weighted by Crippen LogP contribution is -2.63. The zero-order chi connectivity index (χ0) is 8.81. The van der Waals surface area contributed by atoms with Gasteiger partial charge in [-0.25, -0.2) is 0 Å². The Morgan fingerprint density at radius 3 is 2.25 bits per heavy atom. The first kappa shape index (κ1) is 10.2. The van der Waals surface area contributed by atoms with E-state index in [1.165, 1.54) is 19.2 Å². The van der Waals surface area contributed by atoms with Crippen molar-refractivity contribution in [3.05, 3.63) is 0 Å². The monoisotopic (exact) mass is 163 g/mol. The molecular weight excluding hydrogens is 147 g/mol. The van der Waals surface area contributed by atoms with Crippen molar-refractivity contribution in [2.75, 3.05) is 0 Å². The Kier molecular flexibility index (Phi) is 4.80. The van der Waals surface area contributed by atoms with Gasteiger partial charge in [0.15, 0.2) is 0 Å². The summed E-state index contributed by atoms with van der Waals surface area (Å²) in [7, 11) is 3.76. The zero-order valence-electron chi connectivity index (χ0n) is 7.93. The van der Waals surface area contributed by atoms with Gasteiger partial charge in [0, 0.05) is 0 Å². The van der Waals surface area contributed by atoms with Crippen molar-refractivity contribution < 1.29 is 0 Å². The van der Waals surface area contributed by atoms with Crippen LogP contribution in [0.25, 0.3) is 0 Å². The minimum atomic E-state index is 0.413. The lowest BCUT2D eigenvalue weighted by Gasteiger charge is -2.24. The van der Waals surface area contributed by atoms with Gasteiger partial charge in [-0.3, -0.25) is 0 Å². The summed E-state index contributed by atoms with van der Waals surface area (Å²) in [6.07, 6.45) is 3.73. The summed E-state index contributed by atoms with van der Waals surface area (Å²) < 4.78 is 0. The summed E-state index contributed by atoms with van der Waals surface area (Å²) >= 11 is 0. The van der Waals surface area contributed by atoms with Crippen LogP contribution >= 0.6 is 0 Å². The molecule has 1 aliphatic heterocycles. The molecule has 0 spiro atoms. The minimum Gasteiger partial charge on any atom is -0.379 e. The van der Waals surface area contributed by atoms with E-state index < -0.39 is 0 Å². The average molecular weight is 163 g/mol. The van der Waals surface area contributed by atoms with Crippen LogP contribution < -0.4 is 15.4 Å². The lowest BCUT2D eigenvalue weighted by atomic mass is 9.59. The van der Waals surface area contributed by atoms with Crippen LogP contribution in [0.5, 0.6) is 0 Å². The van der Waals surface area contributed by atoms with E-state index in [2.05, 4.69) is 29.3 Å². The van der Waals surface area contributed by atoms with Crippen molar-refractivity contribution in [1.82, 2.24) is 15.4 Å². The van der Waals surface area contributed by atoms with Crippen LogP contribution in [0.1, 0.15) is 26.7 Å². The number of hydrogen-bond donors (Lipinski definition) is 3. The Labute approximate surface area is 77.1 Å². The third-order valence-corrected chi connectivity index (χ3v) is 2.46. The Morgan fingerprint density at radius 1 is 1.17 bits per heavy atom. The molecule has 0 unspecified atom stereocenters. The van der Waals surface area contributed by atoms with Crippen LogP contribution in [0.4, 0.5) is 0 Å². The van der Waals surface area contributed by atoms with Crippen molar-refractivity contribution >= 4 is 22.1 Å². The van der Waals surface area contributed by atoms with E-state index in [4.69, 9.17) is 0 Å². The zero-order valence-corrected chi connectivity index (χ0v) is 7.93. The normalized spacial score (nSPS) is 17.4. The van der Waals surface area contributed by atoms with E-state index in [1.54, 1.807) is 0 Å². The second kappa shape index (κ2) is 5.67. The number of nitrogens with one attached hydrogen (secondary N) is 3. The van der Waals surface area contributed by atoms with Crippen LogP contribution in [0, 0.1) is 5.92 Å². The highest BCUT2D eigenvalue weighted by atomic mass is 15.0. The van der Waals surface area contributed by atoms with Crippen LogP contribution in [0.2, 0.25) is 6.32 Å². The summed E-state index contributed by atoms with van der Waals surface area (Å²) in [6, 6.07) is 0. The average Bonchev–Trinajstić information content (AvgIpc) is 2.16. The molecule has 12 heavy (non-hydrogen) atoms. The molecule has 2 radical (unpaired) electrons. The first-order valence-electron chi connectivity index (χ1n) is 4.78. The van der Waals surface area contributed by atoms with Gasteiger partial charge in [0.05, 0.1) is 0 Å². The van der Waals surface area contributed by atoms with Gasteiger partial charge in [-0.15, -0.1) is 0 Å². The predicted molar refractivity (Wildman–Crippen MR) is 55.5 cm³/mol. The molecule has 1 saturated heterocycles. The third-order valence-electron chi connectivity index (χ3n) is 2.46. The molecular formula is C6H16B3N3. The molecule has 1 heterocycles. The van der Waals surface area contributed by atoms with Gasteiger partial charge in [0.1, 0.15) is 0 Å². The van der Waals surface area contributed by atoms with Crippen molar-refractivity contribution in [3.8, 4) is 0 Å². The maximum absolute atomic E-state index is 3.24. The molecule has 3 nitrogen and oxygen atoms in total. The second-order valence-corrected chi connectivity index (χ2v) is 3.26.